The van der Waals surface area contributed by atoms with E-state index in [1.165, 1.54) is 12.1 Å². The van der Waals surface area contributed by atoms with Crippen molar-refractivity contribution in [3.63, 3.8) is 0 Å². The van der Waals surface area contributed by atoms with Gasteiger partial charge in [0, 0.05) is 32.2 Å². The summed E-state index contributed by atoms with van der Waals surface area (Å²) in [4.78, 5) is 36.9. The Hall–Kier alpha value is -3.39. The van der Waals surface area contributed by atoms with Crippen LogP contribution in [0.3, 0.4) is 0 Å². The van der Waals surface area contributed by atoms with Crippen LogP contribution in [0, 0.1) is 11.8 Å². The van der Waals surface area contributed by atoms with Crippen LogP contribution in [0.1, 0.15) is 59.6 Å². The maximum atomic E-state index is 13.6. The Morgan fingerprint density at radius 3 is 2.63 bits per heavy atom. The fraction of sp³-hybridized carbons (Fsp3) is 0.517. The Morgan fingerprint density at radius 1 is 1.21 bits per heavy atom. The second-order valence-electron chi connectivity index (χ2n) is 11.1. The molecule has 1 aromatic carbocycles. The topological polar surface area (TPSA) is 91.6 Å². The van der Waals surface area contributed by atoms with Gasteiger partial charge in [0.25, 0.3) is 12.3 Å². The lowest BCUT2D eigenvalue weighted by molar-refractivity contribution is -0.136. The molecule has 14 heteroatoms. The highest BCUT2D eigenvalue weighted by Gasteiger charge is 2.34. The molecule has 0 saturated carbocycles. The maximum Gasteiger partial charge on any atom is 0.401 e. The summed E-state index contributed by atoms with van der Waals surface area (Å²) in [5, 5.41) is 5.08. The summed E-state index contributed by atoms with van der Waals surface area (Å²) in [5.41, 5.74) is 1.61. The van der Waals surface area contributed by atoms with Gasteiger partial charge in [-0.05, 0) is 61.7 Å². The molecule has 4 rings (SSSR count). The number of amides is 2. The number of fused-ring (bicyclic) bond motifs is 1. The van der Waals surface area contributed by atoms with E-state index in [-0.39, 0.29) is 40.1 Å². The van der Waals surface area contributed by atoms with Crippen LogP contribution in [-0.4, -0.2) is 64.8 Å². The molecule has 1 saturated heterocycles. The fourth-order valence-electron chi connectivity index (χ4n) is 5.41. The average Bonchev–Trinajstić information content (AvgIpc) is 3.67. The third-order valence-corrected chi connectivity index (χ3v) is 8.36. The van der Waals surface area contributed by atoms with Crippen molar-refractivity contribution in [1.29, 1.82) is 0 Å². The predicted molar refractivity (Wildman–Crippen MR) is 157 cm³/mol. The number of nitrogens with zero attached hydrogens (tertiary/aromatic N) is 4. The Morgan fingerprint density at radius 2 is 1.98 bits per heavy atom. The number of imidazole rings is 1. The Balaban J connectivity index is 1.63. The lowest BCUT2D eigenvalue weighted by Gasteiger charge is -2.30. The summed E-state index contributed by atoms with van der Waals surface area (Å²) in [5.74, 6) is -0.480. The van der Waals surface area contributed by atoms with Gasteiger partial charge >= 0.3 is 6.18 Å². The lowest BCUT2D eigenvalue weighted by Crippen LogP contribution is -2.42. The number of nitrogens with one attached hydrogen (secondary N) is 2. The minimum Gasteiger partial charge on any atom is -0.338 e. The number of aromatic nitrogens is 2. The number of aliphatic imine (C=N–C) groups is 1. The highest BCUT2D eigenvalue weighted by atomic mass is 32.1. The molecule has 0 aliphatic carbocycles. The summed E-state index contributed by atoms with van der Waals surface area (Å²) in [6.45, 7) is 7.66. The van der Waals surface area contributed by atoms with Crippen LogP contribution in [0.2, 0.25) is 0 Å². The molecule has 3 aromatic rings. The highest BCUT2D eigenvalue weighted by Crippen LogP contribution is 2.30. The standard InChI is InChI=1S/C29H35F5N6O2S/c1-17(2)11-19(14-35-3)27(42)39-10-4-5-20(39)15-40-22-7-6-18(13-36-16-29(32,33)34)12-21(22)37-28(40)38-26(41)24-9-8-23(43-24)25(30)31/h6-9,12,17,19-20,25,36H,3-5,10-11,13-16H2,1-2H3,(H,37,38,41). The van der Waals surface area contributed by atoms with Crippen molar-refractivity contribution < 1.29 is 31.5 Å². The molecule has 0 radical (unpaired) electrons. The number of anilines is 1. The van der Waals surface area contributed by atoms with E-state index >= 15 is 0 Å². The molecule has 2 unspecified atom stereocenters. The Kier molecular flexibility index (Phi) is 10.5. The van der Waals surface area contributed by atoms with E-state index in [0.29, 0.717) is 59.9 Å². The predicted octanol–water partition coefficient (Wildman–Crippen LogP) is 6.29. The first-order chi connectivity index (χ1) is 20.4. The number of rotatable bonds is 13. The number of halogens is 5. The van der Waals surface area contributed by atoms with Crippen molar-refractivity contribution in [2.24, 2.45) is 16.8 Å². The zero-order chi connectivity index (χ0) is 31.3. The first-order valence-electron chi connectivity index (χ1n) is 14.0. The Bertz CT molecular complexity index is 1440. The highest BCUT2D eigenvalue weighted by molar-refractivity contribution is 7.14. The van der Waals surface area contributed by atoms with Crippen molar-refractivity contribution in [3.05, 3.63) is 45.6 Å². The van der Waals surface area contributed by atoms with Crippen molar-refractivity contribution in [2.45, 2.75) is 64.8 Å². The van der Waals surface area contributed by atoms with Gasteiger partial charge in [-0.25, -0.2) is 13.8 Å². The van der Waals surface area contributed by atoms with E-state index in [9.17, 15) is 31.5 Å². The first-order valence-corrected chi connectivity index (χ1v) is 14.9. The molecule has 1 fully saturated rings. The van der Waals surface area contributed by atoms with Crippen molar-refractivity contribution in [1.82, 2.24) is 19.8 Å². The average molecular weight is 627 g/mol. The second-order valence-corrected chi connectivity index (χ2v) is 12.2. The molecule has 0 spiro atoms. The summed E-state index contributed by atoms with van der Waals surface area (Å²) in [6, 6.07) is 7.33. The third-order valence-electron chi connectivity index (χ3n) is 7.27. The lowest BCUT2D eigenvalue weighted by atomic mass is 9.95. The van der Waals surface area contributed by atoms with Gasteiger partial charge in [0.1, 0.15) is 0 Å². The van der Waals surface area contributed by atoms with E-state index in [4.69, 9.17) is 0 Å². The number of hydrogen-bond donors (Lipinski definition) is 2. The molecular formula is C29H35F5N6O2S. The van der Waals surface area contributed by atoms with Gasteiger partial charge < -0.3 is 19.8 Å². The number of hydrogen-bond acceptors (Lipinski definition) is 6. The molecule has 8 nitrogen and oxygen atoms in total. The molecule has 2 N–H and O–H groups in total. The molecule has 0 bridgehead atoms. The van der Waals surface area contributed by atoms with Gasteiger partial charge in [-0.1, -0.05) is 19.9 Å². The minimum atomic E-state index is -4.35. The smallest absolute Gasteiger partial charge is 0.338 e. The second kappa shape index (κ2) is 13.9. The fourth-order valence-corrected chi connectivity index (χ4v) is 6.17. The summed E-state index contributed by atoms with van der Waals surface area (Å²) < 4.78 is 65.9. The monoisotopic (exact) mass is 626 g/mol. The maximum absolute atomic E-state index is 13.6. The third kappa shape index (κ3) is 8.37. The molecule has 234 valence electrons. The van der Waals surface area contributed by atoms with Crippen LogP contribution in [0.4, 0.5) is 27.9 Å². The molecule has 1 aliphatic heterocycles. The van der Waals surface area contributed by atoms with Crippen molar-refractivity contribution in [3.8, 4) is 0 Å². The molecule has 2 aromatic heterocycles. The molecule has 1 aliphatic rings. The first kappa shape index (κ1) is 32.5. The number of alkyl halides is 5. The van der Waals surface area contributed by atoms with E-state index in [0.717, 1.165) is 12.8 Å². The molecular weight excluding hydrogens is 591 g/mol. The SMILES string of the molecule is C=NCC(CC(C)C)C(=O)N1CCCC1Cn1c(NC(=O)c2ccc(C(F)F)s2)nc2cc(CNCC(F)(F)F)ccc21. The number of carbonyl (C=O) groups is 2. The van der Waals surface area contributed by atoms with Gasteiger partial charge in [-0.2, -0.15) is 13.2 Å². The summed E-state index contributed by atoms with van der Waals surface area (Å²) in [6.07, 6.45) is -4.88. The zero-order valence-electron chi connectivity index (χ0n) is 24.0. The van der Waals surface area contributed by atoms with Gasteiger partial charge in [0.15, 0.2) is 0 Å². The van der Waals surface area contributed by atoms with Crippen LogP contribution in [-0.2, 0) is 17.9 Å². The van der Waals surface area contributed by atoms with E-state index in [2.05, 4.69) is 27.3 Å². The van der Waals surface area contributed by atoms with Crippen molar-refractivity contribution >= 4 is 46.9 Å². The van der Waals surface area contributed by atoms with E-state index in [1.807, 2.05) is 18.7 Å². The Labute approximate surface area is 250 Å². The van der Waals surface area contributed by atoms with Gasteiger partial charge in [-0.3, -0.25) is 14.9 Å². The number of carbonyl (C=O) groups excluding carboxylic acids is 2. The molecule has 2 atom stereocenters. The van der Waals surface area contributed by atoms with E-state index < -0.39 is 25.1 Å². The van der Waals surface area contributed by atoms with Crippen LogP contribution >= 0.6 is 11.3 Å². The normalized spacial score (nSPS) is 16.4. The van der Waals surface area contributed by atoms with E-state index in [1.54, 1.807) is 22.8 Å². The zero-order valence-corrected chi connectivity index (χ0v) is 24.8. The molecule has 43 heavy (non-hydrogen) atoms. The number of likely N-dealkylation sites (tertiary alicyclic amines) is 1. The molecule has 3 heterocycles. The van der Waals surface area contributed by atoms with Crippen LogP contribution in [0.25, 0.3) is 11.0 Å². The van der Waals surface area contributed by atoms with Gasteiger partial charge in [0.2, 0.25) is 11.9 Å². The number of thiophene rings is 1. The minimum absolute atomic E-state index is 0.00487. The summed E-state index contributed by atoms with van der Waals surface area (Å²) in [7, 11) is 0. The van der Waals surface area contributed by atoms with Crippen LogP contribution < -0.4 is 10.6 Å². The molecule has 2 amide bonds. The summed E-state index contributed by atoms with van der Waals surface area (Å²) >= 11 is 0.678. The van der Waals surface area contributed by atoms with Crippen LogP contribution in [0.15, 0.2) is 35.3 Å². The quantitative estimate of drug-likeness (QED) is 0.172. The van der Waals surface area contributed by atoms with Crippen molar-refractivity contribution in [2.75, 3.05) is 25.0 Å². The largest absolute Gasteiger partial charge is 0.401 e. The number of benzene rings is 1. The van der Waals surface area contributed by atoms with Gasteiger partial charge in [0.05, 0.1) is 33.3 Å². The van der Waals surface area contributed by atoms with Crippen LogP contribution in [0.5, 0.6) is 0 Å². The van der Waals surface area contributed by atoms with Gasteiger partial charge in [-0.15, -0.1) is 11.3 Å².